The third-order valence-electron chi connectivity index (χ3n) is 3.67. The molecule has 2 aliphatic rings. The van der Waals surface area contributed by atoms with E-state index in [1.54, 1.807) is 27.7 Å². The summed E-state index contributed by atoms with van der Waals surface area (Å²) >= 11 is 0. The van der Waals surface area contributed by atoms with Crippen molar-refractivity contribution >= 4 is 20.2 Å². The predicted molar refractivity (Wildman–Crippen MR) is 89.2 cm³/mol. The van der Waals surface area contributed by atoms with Crippen LogP contribution >= 0.6 is 0 Å². The van der Waals surface area contributed by atoms with Crippen LogP contribution in [0.15, 0.2) is 0 Å². The molecule has 154 valence electrons. The summed E-state index contributed by atoms with van der Waals surface area (Å²) in [5.41, 5.74) is 0. The average Bonchev–Trinajstić information content (AvgIpc) is 2.91. The van der Waals surface area contributed by atoms with Gasteiger partial charge in [0.15, 0.2) is 11.6 Å². The molecule has 0 N–H and O–H groups in total. The summed E-state index contributed by atoms with van der Waals surface area (Å²) in [5.74, 6) is -2.01. The van der Waals surface area contributed by atoms with Gasteiger partial charge in [-0.05, 0) is 27.7 Å². The van der Waals surface area contributed by atoms with Crippen LogP contribution in [0.3, 0.4) is 0 Å². The Hall–Kier alpha value is -0.340. The average molecular weight is 418 g/mol. The fourth-order valence-corrected chi connectivity index (χ4v) is 3.89. The molecule has 0 bridgehead atoms. The minimum atomic E-state index is -3.87. The highest BCUT2D eigenvalue weighted by Gasteiger charge is 2.52. The Bertz CT molecular complexity index is 712. The Morgan fingerprint density at radius 2 is 1.58 bits per heavy atom. The van der Waals surface area contributed by atoms with E-state index in [-0.39, 0.29) is 13.2 Å². The largest absolute Gasteiger partial charge is 0.348 e. The van der Waals surface area contributed by atoms with Crippen LogP contribution in [-0.2, 0) is 47.5 Å². The third kappa shape index (κ3) is 6.37. The molecule has 4 atom stereocenters. The number of hydrogen-bond acceptors (Lipinski definition) is 10. The summed E-state index contributed by atoms with van der Waals surface area (Å²) in [7, 11) is -7.59. The standard InChI is InChI=1S/C14H26O10S2/c1-13(2)19-7-9(21-13)12(24-26(6,17)18)11-10(8-20-25(5,15)16)22-14(3,4)23-11/h9-12H,7-8H2,1-6H3/t9-,10?,11?,12?/m0/s1. The van der Waals surface area contributed by atoms with Gasteiger partial charge in [-0.2, -0.15) is 16.8 Å². The van der Waals surface area contributed by atoms with Crippen LogP contribution in [0, 0.1) is 0 Å². The topological polar surface area (TPSA) is 124 Å². The zero-order chi connectivity index (χ0) is 20.0. The lowest BCUT2D eigenvalue weighted by molar-refractivity contribution is -0.174. The molecule has 2 fully saturated rings. The van der Waals surface area contributed by atoms with Gasteiger partial charge in [0.2, 0.25) is 0 Å². The monoisotopic (exact) mass is 418 g/mol. The van der Waals surface area contributed by atoms with Gasteiger partial charge in [-0.15, -0.1) is 0 Å². The summed E-state index contributed by atoms with van der Waals surface area (Å²) in [6.07, 6.45) is -1.90. The second kappa shape index (κ2) is 7.24. The van der Waals surface area contributed by atoms with E-state index in [1.807, 2.05) is 0 Å². The fourth-order valence-electron chi connectivity index (χ4n) is 2.87. The molecule has 3 unspecified atom stereocenters. The van der Waals surface area contributed by atoms with Crippen molar-refractivity contribution in [3.05, 3.63) is 0 Å². The molecule has 10 nitrogen and oxygen atoms in total. The first-order valence-corrected chi connectivity index (χ1v) is 11.6. The van der Waals surface area contributed by atoms with Crippen LogP contribution in [0.25, 0.3) is 0 Å². The van der Waals surface area contributed by atoms with Gasteiger partial charge in [0.1, 0.15) is 24.4 Å². The molecule has 2 aliphatic heterocycles. The fraction of sp³-hybridized carbons (Fsp3) is 1.00. The van der Waals surface area contributed by atoms with E-state index in [4.69, 9.17) is 27.3 Å². The van der Waals surface area contributed by atoms with Gasteiger partial charge < -0.3 is 18.9 Å². The Balaban J connectivity index is 2.27. The molecule has 0 aromatic heterocycles. The van der Waals surface area contributed by atoms with E-state index in [0.717, 1.165) is 12.5 Å². The maximum absolute atomic E-state index is 11.8. The second-order valence-corrected chi connectivity index (χ2v) is 10.5. The quantitative estimate of drug-likeness (QED) is 0.521. The van der Waals surface area contributed by atoms with Gasteiger partial charge in [-0.1, -0.05) is 0 Å². The summed E-state index contributed by atoms with van der Waals surface area (Å²) in [6.45, 7) is 6.33. The van der Waals surface area contributed by atoms with Crippen molar-refractivity contribution in [2.75, 3.05) is 25.7 Å². The van der Waals surface area contributed by atoms with E-state index in [0.29, 0.717) is 0 Å². The molecule has 0 saturated carbocycles. The first kappa shape index (κ1) is 22.0. The first-order valence-electron chi connectivity index (χ1n) is 7.97. The van der Waals surface area contributed by atoms with Crippen LogP contribution in [-0.4, -0.2) is 78.6 Å². The Morgan fingerprint density at radius 1 is 0.962 bits per heavy atom. The number of hydrogen-bond donors (Lipinski definition) is 0. The Morgan fingerprint density at radius 3 is 2.04 bits per heavy atom. The highest BCUT2D eigenvalue weighted by atomic mass is 32.2. The molecule has 0 radical (unpaired) electrons. The molecule has 2 heterocycles. The van der Waals surface area contributed by atoms with Gasteiger partial charge in [0.05, 0.1) is 25.7 Å². The molecule has 0 aromatic carbocycles. The van der Waals surface area contributed by atoms with Crippen molar-refractivity contribution in [2.45, 2.75) is 63.7 Å². The maximum Gasteiger partial charge on any atom is 0.264 e. The molecule has 0 amide bonds. The molecule has 0 aliphatic carbocycles. The van der Waals surface area contributed by atoms with Crippen molar-refractivity contribution in [1.29, 1.82) is 0 Å². The normalized spacial score (nSPS) is 32.6. The summed E-state index contributed by atoms with van der Waals surface area (Å²) in [4.78, 5) is 0. The Kier molecular flexibility index (Phi) is 6.12. The lowest BCUT2D eigenvalue weighted by atomic mass is 10.0. The van der Waals surface area contributed by atoms with Gasteiger partial charge in [0.25, 0.3) is 20.2 Å². The lowest BCUT2D eigenvalue weighted by Gasteiger charge is -2.29. The van der Waals surface area contributed by atoms with Gasteiger partial charge in [0, 0.05) is 0 Å². The van der Waals surface area contributed by atoms with Crippen LogP contribution < -0.4 is 0 Å². The number of rotatable bonds is 7. The third-order valence-corrected chi connectivity index (χ3v) is 4.81. The van der Waals surface area contributed by atoms with E-state index >= 15 is 0 Å². The van der Waals surface area contributed by atoms with Gasteiger partial charge in [-0.25, -0.2) is 0 Å². The molecule has 0 spiro atoms. The van der Waals surface area contributed by atoms with Crippen molar-refractivity contribution in [1.82, 2.24) is 0 Å². The van der Waals surface area contributed by atoms with Crippen LogP contribution in [0.5, 0.6) is 0 Å². The summed E-state index contributed by atoms with van der Waals surface area (Å²) in [5, 5.41) is 0. The molecule has 0 aromatic rings. The van der Waals surface area contributed by atoms with Crippen molar-refractivity contribution in [3.8, 4) is 0 Å². The van der Waals surface area contributed by atoms with E-state index in [1.165, 1.54) is 0 Å². The van der Waals surface area contributed by atoms with Crippen LogP contribution in [0.4, 0.5) is 0 Å². The second-order valence-electron chi connectivity index (χ2n) is 7.26. The van der Waals surface area contributed by atoms with Crippen LogP contribution in [0.1, 0.15) is 27.7 Å². The number of ether oxygens (including phenoxy) is 4. The molecular formula is C14H26O10S2. The summed E-state index contributed by atoms with van der Waals surface area (Å²) < 4.78 is 78.8. The van der Waals surface area contributed by atoms with Gasteiger partial charge in [-0.3, -0.25) is 8.37 Å². The zero-order valence-electron chi connectivity index (χ0n) is 15.6. The highest BCUT2D eigenvalue weighted by Crippen LogP contribution is 2.36. The van der Waals surface area contributed by atoms with Crippen LogP contribution in [0.2, 0.25) is 0 Å². The highest BCUT2D eigenvalue weighted by molar-refractivity contribution is 7.86. The molecule has 2 saturated heterocycles. The van der Waals surface area contributed by atoms with Crippen molar-refractivity contribution in [2.24, 2.45) is 0 Å². The van der Waals surface area contributed by atoms with Crippen molar-refractivity contribution in [3.63, 3.8) is 0 Å². The maximum atomic E-state index is 11.8. The summed E-state index contributed by atoms with van der Waals surface area (Å²) in [6, 6.07) is 0. The molecule has 12 heteroatoms. The zero-order valence-corrected chi connectivity index (χ0v) is 17.3. The van der Waals surface area contributed by atoms with E-state index in [2.05, 4.69) is 0 Å². The minimum Gasteiger partial charge on any atom is -0.348 e. The molecular weight excluding hydrogens is 392 g/mol. The minimum absolute atomic E-state index is 0.0765. The lowest BCUT2D eigenvalue weighted by Crippen LogP contribution is -2.48. The SMILES string of the molecule is CC1(C)OC(COS(C)(=O)=O)C(C(OS(C)(=O)=O)[C@@H]2COC(C)(C)O2)O1. The van der Waals surface area contributed by atoms with E-state index in [9.17, 15) is 16.8 Å². The Labute approximate surface area is 154 Å². The molecule has 2 rings (SSSR count). The van der Waals surface area contributed by atoms with Gasteiger partial charge >= 0.3 is 0 Å². The predicted octanol–water partition coefficient (Wildman–Crippen LogP) is -0.0210. The van der Waals surface area contributed by atoms with E-state index < -0.39 is 56.2 Å². The van der Waals surface area contributed by atoms with Crippen molar-refractivity contribution < 1.29 is 44.1 Å². The smallest absolute Gasteiger partial charge is 0.264 e. The first-order chi connectivity index (χ1) is 11.6. The molecule has 26 heavy (non-hydrogen) atoms.